The molecule has 194 valence electrons. The van der Waals surface area contributed by atoms with Crippen LogP contribution in [0, 0.1) is 5.92 Å². The molecule has 0 spiro atoms. The maximum Gasteiger partial charge on any atom is 0.379 e. The first kappa shape index (κ1) is 26.5. The van der Waals surface area contributed by atoms with E-state index in [4.69, 9.17) is 19.5 Å². The number of aromatic amines is 1. The van der Waals surface area contributed by atoms with Gasteiger partial charge in [0.25, 0.3) is 5.56 Å². The monoisotopic (exact) mass is 586 g/mol. The Balaban J connectivity index is 1.57. The van der Waals surface area contributed by atoms with Gasteiger partial charge in [0.2, 0.25) is 10.5 Å². The van der Waals surface area contributed by atoms with Crippen molar-refractivity contribution in [1.29, 1.82) is 0 Å². The third-order valence-electron chi connectivity index (χ3n) is 5.86. The molecule has 1 fully saturated rings. The summed E-state index contributed by atoms with van der Waals surface area (Å²) in [5.74, 6) is -0.783. The summed E-state index contributed by atoms with van der Waals surface area (Å²) in [7, 11) is -3.93. The van der Waals surface area contributed by atoms with Crippen molar-refractivity contribution in [1.82, 2.24) is 14.6 Å². The SMILES string of the molecule is CC(=O)[C@H](C)CP(=O)(OC[C@H]1O[C@@H](c2ccc3c(=O)[nH]c(N)nn23)C(F)(Br)[C@H]1O)Oc1ccccc1. The van der Waals surface area contributed by atoms with Crippen LogP contribution in [0.5, 0.6) is 5.75 Å². The fraction of sp³-hybridized carbons (Fsp3) is 0.409. The van der Waals surface area contributed by atoms with Crippen LogP contribution in [0.25, 0.3) is 5.52 Å². The number of ether oxygens (including phenoxy) is 1. The molecule has 4 rings (SSSR count). The van der Waals surface area contributed by atoms with Crippen molar-refractivity contribution in [3.8, 4) is 5.75 Å². The predicted molar refractivity (Wildman–Crippen MR) is 132 cm³/mol. The summed E-state index contributed by atoms with van der Waals surface area (Å²) in [6.45, 7) is 2.44. The molecule has 1 aliphatic heterocycles. The number of hydrogen-bond donors (Lipinski definition) is 3. The molecule has 0 bridgehead atoms. The molecule has 11 nitrogen and oxygen atoms in total. The van der Waals surface area contributed by atoms with Gasteiger partial charge in [-0.1, -0.05) is 25.1 Å². The van der Waals surface area contributed by atoms with Gasteiger partial charge < -0.3 is 20.1 Å². The number of alkyl halides is 2. The summed E-state index contributed by atoms with van der Waals surface area (Å²) in [6.07, 6.45) is -4.70. The van der Waals surface area contributed by atoms with Gasteiger partial charge in [-0.3, -0.25) is 19.1 Å². The average molecular weight is 587 g/mol. The van der Waals surface area contributed by atoms with E-state index in [1.165, 1.54) is 19.1 Å². The Bertz CT molecular complexity index is 1370. The summed E-state index contributed by atoms with van der Waals surface area (Å²) in [5, 5.41) is 14.7. The largest absolute Gasteiger partial charge is 0.424 e. The third-order valence-corrected chi connectivity index (χ3v) is 8.77. The predicted octanol–water partition coefficient (Wildman–Crippen LogP) is 2.98. The molecule has 1 aromatic carbocycles. The summed E-state index contributed by atoms with van der Waals surface area (Å²) in [6, 6.07) is 11.1. The first-order valence-corrected chi connectivity index (χ1v) is 13.5. The number of carbonyl (C=O) groups excluding carboxylic acids is 1. The Morgan fingerprint density at radius 1 is 1.39 bits per heavy atom. The zero-order chi connectivity index (χ0) is 26.3. The first-order chi connectivity index (χ1) is 16.9. The molecular weight excluding hydrogens is 562 g/mol. The van der Waals surface area contributed by atoms with Gasteiger partial charge >= 0.3 is 7.60 Å². The number of nitrogen functional groups attached to an aromatic ring is 1. The van der Waals surface area contributed by atoms with E-state index in [2.05, 4.69) is 26.0 Å². The van der Waals surface area contributed by atoms with Gasteiger partial charge in [-0.15, -0.1) is 5.10 Å². The zero-order valence-corrected chi connectivity index (χ0v) is 21.8. The van der Waals surface area contributed by atoms with Gasteiger partial charge in [0.05, 0.1) is 18.5 Å². The van der Waals surface area contributed by atoms with E-state index >= 15 is 4.39 Å². The topological polar surface area (TPSA) is 158 Å². The lowest BCUT2D eigenvalue weighted by atomic mass is 10.1. The van der Waals surface area contributed by atoms with E-state index in [-0.39, 0.29) is 34.9 Å². The number of nitrogens with one attached hydrogen (secondary N) is 1. The van der Waals surface area contributed by atoms with Crippen LogP contribution in [0.15, 0.2) is 47.3 Å². The van der Waals surface area contributed by atoms with Gasteiger partial charge in [-0.05, 0) is 47.1 Å². The highest BCUT2D eigenvalue weighted by atomic mass is 79.9. The smallest absolute Gasteiger partial charge is 0.379 e. The van der Waals surface area contributed by atoms with Crippen LogP contribution in [0.4, 0.5) is 10.3 Å². The number of hydrogen-bond acceptors (Lipinski definition) is 9. The van der Waals surface area contributed by atoms with Crippen LogP contribution in [0.2, 0.25) is 0 Å². The number of H-pyrrole nitrogens is 1. The number of ketones is 1. The van der Waals surface area contributed by atoms with E-state index in [0.717, 1.165) is 4.52 Å². The molecule has 0 aliphatic carbocycles. The normalized spacial score (nSPS) is 26.5. The number of aromatic nitrogens is 3. The quantitative estimate of drug-likeness (QED) is 0.253. The lowest BCUT2D eigenvalue weighted by molar-refractivity contribution is -0.119. The minimum atomic E-state index is -3.93. The van der Waals surface area contributed by atoms with Gasteiger partial charge in [0.15, 0.2) is 0 Å². The third kappa shape index (κ3) is 5.25. The number of anilines is 1. The number of fused-ring (bicyclic) bond motifs is 1. The van der Waals surface area contributed by atoms with Crippen molar-refractivity contribution < 1.29 is 32.6 Å². The van der Waals surface area contributed by atoms with E-state index in [0.29, 0.717) is 0 Å². The second-order valence-corrected chi connectivity index (χ2v) is 11.8. The number of benzene rings is 1. The first-order valence-electron chi connectivity index (χ1n) is 11.0. The lowest BCUT2D eigenvalue weighted by Crippen LogP contribution is -2.37. The van der Waals surface area contributed by atoms with Crippen LogP contribution < -0.4 is 15.8 Å². The van der Waals surface area contributed by atoms with Crippen molar-refractivity contribution in [3.63, 3.8) is 0 Å². The molecule has 0 amide bonds. The molecule has 1 aliphatic rings. The molecular formula is C22H25BrFN4O7P. The fourth-order valence-electron chi connectivity index (χ4n) is 3.79. The van der Waals surface area contributed by atoms with Crippen LogP contribution in [-0.2, 0) is 18.6 Å². The summed E-state index contributed by atoms with van der Waals surface area (Å²) in [4.78, 5) is 26.3. The van der Waals surface area contributed by atoms with Crippen molar-refractivity contribution in [2.75, 3.05) is 18.5 Å². The zero-order valence-electron chi connectivity index (χ0n) is 19.3. The second-order valence-electron chi connectivity index (χ2n) is 8.57. The van der Waals surface area contributed by atoms with Gasteiger partial charge in [0, 0.05) is 5.92 Å². The standard InChI is InChI=1S/C22H25BrFN4O7P/c1-12(13(2)29)11-36(32,35-14-6-4-3-5-7-14)33-10-17-18(30)22(23,24)19(34-17)15-8-9-16-20(31)26-21(25)27-28(15)16/h3-9,12,17-19,30H,10-11H2,1-2H3,(H3,25,26,27,31)/t12-,17-,18+,19+,22?,36?/m1/s1. The highest BCUT2D eigenvalue weighted by Gasteiger charge is 2.57. The second kappa shape index (κ2) is 10.1. The highest BCUT2D eigenvalue weighted by Crippen LogP contribution is 2.53. The molecule has 0 radical (unpaired) electrons. The molecule has 4 N–H and O–H groups in total. The van der Waals surface area contributed by atoms with Crippen molar-refractivity contribution in [2.24, 2.45) is 5.92 Å². The maximum absolute atomic E-state index is 15.7. The van der Waals surface area contributed by atoms with E-state index in [9.17, 15) is 19.3 Å². The van der Waals surface area contributed by atoms with Crippen molar-refractivity contribution in [3.05, 3.63) is 58.5 Å². The molecule has 6 atom stereocenters. The number of rotatable bonds is 9. The molecule has 3 heterocycles. The van der Waals surface area contributed by atoms with Crippen molar-refractivity contribution in [2.45, 2.75) is 36.7 Å². The van der Waals surface area contributed by atoms with E-state index < -0.39 is 48.6 Å². The molecule has 3 aromatic rings. The molecule has 2 unspecified atom stereocenters. The maximum atomic E-state index is 15.7. The van der Waals surface area contributed by atoms with Crippen LogP contribution >= 0.6 is 23.5 Å². The highest BCUT2D eigenvalue weighted by molar-refractivity contribution is 9.10. The molecule has 0 saturated carbocycles. The van der Waals surface area contributed by atoms with Gasteiger partial charge in [0.1, 0.15) is 35.4 Å². The Hall–Kier alpha value is -2.57. The molecule has 14 heteroatoms. The number of aliphatic hydroxyl groups is 1. The molecule has 36 heavy (non-hydrogen) atoms. The minimum absolute atomic E-state index is 0.0965. The van der Waals surface area contributed by atoms with Gasteiger partial charge in [-0.25, -0.2) is 13.5 Å². The Morgan fingerprint density at radius 3 is 2.75 bits per heavy atom. The Kier molecular flexibility index (Phi) is 7.40. The Labute approximate surface area is 213 Å². The fourth-order valence-corrected chi connectivity index (χ4v) is 6.40. The summed E-state index contributed by atoms with van der Waals surface area (Å²) < 4.78 is 44.9. The molecule has 1 saturated heterocycles. The van der Waals surface area contributed by atoms with E-state index in [1.807, 2.05) is 0 Å². The van der Waals surface area contributed by atoms with Crippen LogP contribution in [-0.4, -0.2) is 55.0 Å². The van der Waals surface area contributed by atoms with Crippen molar-refractivity contribution >= 4 is 40.8 Å². The average Bonchev–Trinajstić information content (AvgIpc) is 3.31. The number of aliphatic hydroxyl groups excluding tert-OH is 1. The minimum Gasteiger partial charge on any atom is -0.424 e. The number of nitrogens with two attached hydrogens (primary N) is 1. The number of nitrogens with zero attached hydrogens (tertiary/aromatic N) is 2. The summed E-state index contributed by atoms with van der Waals surface area (Å²) in [5.41, 5.74) is 5.29. The Morgan fingerprint density at radius 2 is 2.08 bits per heavy atom. The lowest BCUT2D eigenvalue weighted by Gasteiger charge is -2.24. The number of para-hydroxylation sites is 1. The van der Waals surface area contributed by atoms with Gasteiger partial charge in [-0.2, -0.15) is 0 Å². The van der Waals surface area contributed by atoms with E-state index in [1.54, 1.807) is 37.3 Å². The number of halogens is 2. The van der Waals surface area contributed by atoms with Crippen LogP contribution in [0.3, 0.4) is 0 Å². The summed E-state index contributed by atoms with van der Waals surface area (Å²) >= 11 is 2.89. The van der Waals surface area contributed by atoms with Crippen LogP contribution in [0.1, 0.15) is 25.6 Å². The number of carbonyl (C=O) groups is 1. The number of Topliss-reactive ketones (excluding diaryl/α,β-unsaturated/α-hetero) is 1. The molecule has 2 aromatic heterocycles.